The minimum absolute atomic E-state index is 0.202. The molecular weight excluding hydrogens is 296 g/mol. The lowest BCUT2D eigenvalue weighted by Gasteiger charge is -2.06. The van der Waals surface area contributed by atoms with E-state index in [1.165, 1.54) is 13.5 Å². The third-order valence-corrected chi connectivity index (χ3v) is 3.42. The van der Waals surface area contributed by atoms with Crippen LogP contribution in [0.5, 0.6) is 0 Å². The summed E-state index contributed by atoms with van der Waals surface area (Å²) in [4.78, 5) is 27.5. The van der Waals surface area contributed by atoms with Crippen LogP contribution in [0.2, 0.25) is 0 Å². The molecular formula is C17H14N2O4. The molecule has 0 unspecified atom stereocenters. The average molecular weight is 310 g/mol. The molecule has 0 aliphatic rings. The van der Waals surface area contributed by atoms with Crippen molar-refractivity contribution in [2.75, 3.05) is 7.11 Å². The van der Waals surface area contributed by atoms with Gasteiger partial charge in [0, 0.05) is 12.1 Å². The van der Waals surface area contributed by atoms with Gasteiger partial charge in [-0.2, -0.15) is 0 Å². The quantitative estimate of drug-likeness (QED) is 0.749. The van der Waals surface area contributed by atoms with Crippen LogP contribution in [0.1, 0.15) is 26.3 Å². The van der Waals surface area contributed by atoms with Crippen molar-refractivity contribution in [2.24, 2.45) is 0 Å². The Kier molecular flexibility index (Phi) is 4.05. The fourth-order valence-corrected chi connectivity index (χ4v) is 2.16. The Balaban J connectivity index is 1.65. The predicted octanol–water partition coefficient (Wildman–Crippen LogP) is 2.54. The summed E-state index contributed by atoms with van der Waals surface area (Å²) in [6, 6.07) is 11.9. The van der Waals surface area contributed by atoms with Crippen LogP contribution in [0.3, 0.4) is 0 Å². The van der Waals surface area contributed by atoms with E-state index in [9.17, 15) is 9.59 Å². The SMILES string of the molecule is COC(=O)c1ccc(CNC(=O)c2ccc3ocnc3c2)cc1. The first-order valence-electron chi connectivity index (χ1n) is 6.96. The Bertz CT molecular complexity index is 852. The van der Waals surface area contributed by atoms with Crippen molar-refractivity contribution < 1.29 is 18.7 Å². The van der Waals surface area contributed by atoms with Gasteiger partial charge in [0.2, 0.25) is 0 Å². The number of carbonyl (C=O) groups is 2. The van der Waals surface area contributed by atoms with Crippen molar-refractivity contribution in [3.05, 3.63) is 65.5 Å². The fourth-order valence-electron chi connectivity index (χ4n) is 2.16. The zero-order valence-electron chi connectivity index (χ0n) is 12.4. The smallest absolute Gasteiger partial charge is 0.337 e. The second-order valence-corrected chi connectivity index (χ2v) is 4.91. The monoisotopic (exact) mass is 310 g/mol. The van der Waals surface area contributed by atoms with E-state index >= 15 is 0 Å². The predicted molar refractivity (Wildman–Crippen MR) is 83.0 cm³/mol. The maximum absolute atomic E-state index is 12.2. The number of oxazole rings is 1. The summed E-state index contributed by atoms with van der Waals surface area (Å²) in [6.45, 7) is 0.358. The van der Waals surface area contributed by atoms with Crippen LogP contribution < -0.4 is 5.32 Å². The van der Waals surface area contributed by atoms with Gasteiger partial charge in [-0.1, -0.05) is 12.1 Å². The van der Waals surface area contributed by atoms with Crippen molar-refractivity contribution in [1.82, 2.24) is 10.3 Å². The molecule has 0 bridgehead atoms. The van der Waals surface area contributed by atoms with Gasteiger partial charge in [0.15, 0.2) is 12.0 Å². The molecule has 6 nitrogen and oxygen atoms in total. The van der Waals surface area contributed by atoms with E-state index in [1.54, 1.807) is 42.5 Å². The zero-order chi connectivity index (χ0) is 16.2. The number of fused-ring (bicyclic) bond motifs is 1. The molecule has 0 spiro atoms. The highest BCUT2D eigenvalue weighted by Gasteiger charge is 2.09. The van der Waals surface area contributed by atoms with Crippen LogP contribution in [-0.2, 0) is 11.3 Å². The molecule has 0 saturated carbocycles. The maximum Gasteiger partial charge on any atom is 0.337 e. The Morgan fingerprint density at radius 1 is 1.13 bits per heavy atom. The van der Waals surface area contributed by atoms with E-state index in [0.717, 1.165) is 5.56 Å². The topological polar surface area (TPSA) is 81.4 Å². The second kappa shape index (κ2) is 6.31. The first-order chi connectivity index (χ1) is 11.2. The molecule has 1 N–H and O–H groups in total. The van der Waals surface area contributed by atoms with Gasteiger partial charge in [-0.15, -0.1) is 0 Å². The normalized spacial score (nSPS) is 10.5. The molecule has 0 saturated heterocycles. The van der Waals surface area contributed by atoms with Crippen LogP contribution in [0.15, 0.2) is 53.3 Å². The molecule has 0 fully saturated rings. The van der Waals surface area contributed by atoms with Crippen LogP contribution in [0.4, 0.5) is 0 Å². The molecule has 23 heavy (non-hydrogen) atoms. The van der Waals surface area contributed by atoms with Crippen molar-refractivity contribution in [1.29, 1.82) is 0 Å². The van der Waals surface area contributed by atoms with E-state index in [1.807, 2.05) is 0 Å². The molecule has 0 atom stereocenters. The molecule has 0 aliphatic carbocycles. The summed E-state index contributed by atoms with van der Waals surface area (Å²) in [5.74, 6) is -0.589. The summed E-state index contributed by atoms with van der Waals surface area (Å²) in [5.41, 5.74) is 3.14. The highest BCUT2D eigenvalue weighted by atomic mass is 16.5. The number of aromatic nitrogens is 1. The number of methoxy groups -OCH3 is 1. The zero-order valence-corrected chi connectivity index (χ0v) is 12.4. The van der Waals surface area contributed by atoms with E-state index < -0.39 is 0 Å². The Labute approximate surface area is 132 Å². The lowest BCUT2D eigenvalue weighted by Crippen LogP contribution is -2.22. The van der Waals surface area contributed by atoms with Gasteiger partial charge in [0.25, 0.3) is 5.91 Å². The van der Waals surface area contributed by atoms with Gasteiger partial charge in [0.05, 0.1) is 12.7 Å². The van der Waals surface area contributed by atoms with Crippen molar-refractivity contribution in [3.63, 3.8) is 0 Å². The molecule has 3 aromatic rings. The molecule has 0 radical (unpaired) electrons. The summed E-state index contributed by atoms with van der Waals surface area (Å²) in [7, 11) is 1.34. The molecule has 3 rings (SSSR count). The number of esters is 1. The molecule has 1 amide bonds. The number of nitrogens with one attached hydrogen (secondary N) is 1. The number of benzene rings is 2. The van der Waals surface area contributed by atoms with Gasteiger partial charge >= 0.3 is 5.97 Å². The minimum atomic E-state index is -0.387. The lowest BCUT2D eigenvalue weighted by molar-refractivity contribution is 0.0600. The van der Waals surface area contributed by atoms with Crippen LogP contribution in [-0.4, -0.2) is 24.0 Å². The van der Waals surface area contributed by atoms with Gasteiger partial charge in [0.1, 0.15) is 5.52 Å². The molecule has 0 aliphatic heterocycles. The number of hydrogen-bond donors (Lipinski definition) is 1. The lowest BCUT2D eigenvalue weighted by atomic mass is 10.1. The Morgan fingerprint density at radius 2 is 1.87 bits per heavy atom. The number of hydrogen-bond acceptors (Lipinski definition) is 5. The summed E-state index contributed by atoms with van der Waals surface area (Å²) < 4.78 is 9.78. The number of nitrogens with zero attached hydrogens (tertiary/aromatic N) is 1. The van der Waals surface area contributed by atoms with E-state index in [2.05, 4.69) is 15.0 Å². The molecule has 116 valence electrons. The van der Waals surface area contributed by atoms with Crippen LogP contribution in [0, 0.1) is 0 Å². The average Bonchev–Trinajstić information content (AvgIpc) is 3.07. The van der Waals surface area contributed by atoms with Crippen LogP contribution in [0.25, 0.3) is 11.1 Å². The largest absolute Gasteiger partial charge is 0.465 e. The first kappa shape index (κ1) is 14.8. The summed E-state index contributed by atoms with van der Waals surface area (Å²) in [6.07, 6.45) is 1.34. The van der Waals surface area contributed by atoms with Gasteiger partial charge < -0.3 is 14.5 Å². The highest BCUT2D eigenvalue weighted by Crippen LogP contribution is 2.14. The standard InChI is InChI=1S/C17H14N2O4/c1-22-17(21)12-4-2-11(3-5-12)9-18-16(20)13-6-7-15-14(8-13)19-10-23-15/h2-8,10H,9H2,1H3,(H,18,20). The summed E-state index contributed by atoms with van der Waals surface area (Å²) >= 11 is 0. The van der Waals surface area contributed by atoms with Crippen molar-refractivity contribution in [2.45, 2.75) is 6.54 Å². The number of rotatable bonds is 4. The van der Waals surface area contributed by atoms with Crippen molar-refractivity contribution in [3.8, 4) is 0 Å². The third kappa shape index (κ3) is 3.21. The Morgan fingerprint density at radius 3 is 2.61 bits per heavy atom. The van der Waals surface area contributed by atoms with E-state index in [0.29, 0.717) is 28.8 Å². The van der Waals surface area contributed by atoms with Gasteiger partial charge in [-0.05, 0) is 35.9 Å². The number of ether oxygens (including phenoxy) is 1. The molecule has 1 heterocycles. The van der Waals surface area contributed by atoms with Crippen molar-refractivity contribution >= 4 is 23.0 Å². The Hall–Kier alpha value is -3.15. The first-order valence-corrected chi connectivity index (χ1v) is 6.96. The molecule has 1 aromatic heterocycles. The second-order valence-electron chi connectivity index (χ2n) is 4.91. The number of carbonyl (C=O) groups excluding carboxylic acids is 2. The van der Waals surface area contributed by atoms with E-state index in [4.69, 9.17) is 4.42 Å². The number of amides is 1. The maximum atomic E-state index is 12.2. The van der Waals surface area contributed by atoms with Crippen LogP contribution >= 0.6 is 0 Å². The molecule has 6 heteroatoms. The van der Waals surface area contributed by atoms with E-state index in [-0.39, 0.29) is 11.9 Å². The highest BCUT2D eigenvalue weighted by molar-refractivity contribution is 5.97. The summed E-state index contributed by atoms with van der Waals surface area (Å²) in [5, 5.41) is 2.82. The minimum Gasteiger partial charge on any atom is -0.465 e. The molecule has 2 aromatic carbocycles. The van der Waals surface area contributed by atoms with Gasteiger partial charge in [-0.3, -0.25) is 4.79 Å². The fraction of sp³-hybridized carbons (Fsp3) is 0.118. The third-order valence-electron chi connectivity index (χ3n) is 3.42. The van der Waals surface area contributed by atoms with Gasteiger partial charge in [-0.25, -0.2) is 9.78 Å².